The van der Waals surface area contributed by atoms with Gasteiger partial charge in [0.25, 0.3) is 0 Å². The van der Waals surface area contributed by atoms with Crippen LogP contribution in [0.1, 0.15) is 19.8 Å². The summed E-state index contributed by atoms with van der Waals surface area (Å²) in [6, 6.07) is -1.43. The Morgan fingerprint density at radius 2 is 1.74 bits per heavy atom. The van der Waals surface area contributed by atoms with Gasteiger partial charge >= 0.3 is 0 Å². The van der Waals surface area contributed by atoms with Gasteiger partial charge in [0.2, 0.25) is 5.91 Å². The van der Waals surface area contributed by atoms with Crippen molar-refractivity contribution in [3.63, 3.8) is 0 Å². The number of carbonyl (C=O) groups is 3. The molecule has 8 heteroatoms. The van der Waals surface area contributed by atoms with E-state index in [1.807, 2.05) is 0 Å². The van der Waals surface area contributed by atoms with Crippen LogP contribution in [-0.2, 0) is 14.4 Å². The Labute approximate surface area is 110 Å². The zero-order chi connectivity index (χ0) is 15.0. The molecule has 0 aromatic carbocycles. The zero-order valence-electron chi connectivity index (χ0n) is 10.5. The number of hydrogen-bond donors (Lipinski definition) is 5. The quantitative estimate of drug-likeness (QED) is 0.285. The minimum absolute atomic E-state index is 0.00464. The normalized spacial score (nSPS) is 17.1. The highest BCUT2D eigenvalue weighted by Crippen LogP contribution is 2.04. The molecular formula is C11H19NO7. The number of aliphatic hydroxyl groups excluding tert-OH is 4. The molecule has 110 valence electrons. The molecule has 0 aliphatic heterocycles. The van der Waals surface area contributed by atoms with E-state index in [1.165, 1.54) is 6.92 Å². The Morgan fingerprint density at radius 1 is 1.16 bits per heavy atom. The fourth-order valence-electron chi connectivity index (χ4n) is 1.30. The maximum atomic E-state index is 11.4. The fraction of sp³-hybridized carbons (Fsp3) is 0.727. The van der Waals surface area contributed by atoms with E-state index < -0.39 is 36.9 Å². The van der Waals surface area contributed by atoms with Gasteiger partial charge in [-0.05, 0) is 6.92 Å². The Kier molecular flexibility index (Phi) is 8.08. The minimum Gasteiger partial charge on any atom is -0.394 e. The third-order valence-electron chi connectivity index (χ3n) is 2.48. The third-order valence-corrected chi connectivity index (χ3v) is 2.48. The molecule has 0 fully saturated rings. The minimum atomic E-state index is -1.78. The summed E-state index contributed by atoms with van der Waals surface area (Å²) < 4.78 is 0. The molecule has 0 aliphatic carbocycles. The highest BCUT2D eigenvalue weighted by molar-refractivity contribution is 5.85. The number of ketones is 1. The maximum absolute atomic E-state index is 11.4. The van der Waals surface area contributed by atoms with Crippen LogP contribution in [0.5, 0.6) is 0 Å². The second-order valence-corrected chi connectivity index (χ2v) is 4.16. The van der Waals surface area contributed by atoms with Crippen LogP contribution in [0.2, 0.25) is 0 Å². The predicted molar refractivity (Wildman–Crippen MR) is 63.0 cm³/mol. The van der Waals surface area contributed by atoms with Gasteiger partial charge in [-0.3, -0.25) is 4.79 Å². The molecule has 0 saturated heterocycles. The SMILES string of the molecule is CC(=O)CCC(=O)N[C@H](C=O)[C@@H](O)[C@H](O)[C@H](O)CO. The second kappa shape index (κ2) is 8.70. The number of carbonyl (C=O) groups excluding carboxylic acids is 3. The summed E-state index contributed by atoms with van der Waals surface area (Å²) in [6.07, 6.45) is -5.13. The molecule has 0 unspecified atom stereocenters. The van der Waals surface area contributed by atoms with E-state index in [9.17, 15) is 24.6 Å². The standard InChI is InChI=1S/C11H19NO7/c1-6(15)2-3-9(17)12-7(4-13)10(18)11(19)8(16)5-14/h4,7-8,10-11,14,16,18-19H,2-3,5H2,1H3,(H,12,17)/t7-,8-,10-,11-/m1/s1. The molecule has 0 bridgehead atoms. The Bertz CT molecular complexity index is 320. The summed E-state index contributed by atoms with van der Waals surface area (Å²) in [5.74, 6) is -0.842. The van der Waals surface area contributed by atoms with Crippen LogP contribution in [-0.4, -0.2) is 69.4 Å². The van der Waals surface area contributed by atoms with Gasteiger partial charge in [-0.25, -0.2) is 0 Å². The Morgan fingerprint density at radius 3 is 2.16 bits per heavy atom. The van der Waals surface area contributed by atoms with Gasteiger partial charge in [-0.2, -0.15) is 0 Å². The topological polar surface area (TPSA) is 144 Å². The van der Waals surface area contributed by atoms with E-state index in [1.54, 1.807) is 0 Å². The van der Waals surface area contributed by atoms with Crippen LogP contribution in [0.4, 0.5) is 0 Å². The fourth-order valence-corrected chi connectivity index (χ4v) is 1.30. The lowest BCUT2D eigenvalue weighted by molar-refractivity contribution is -0.131. The first kappa shape index (κ1) is 17.6. The molecule has 5 N–H and O–H groups in total. The smallest absolute Gasteiger partial charge is 0.221 e. The lowest BCUT2D eigenvalue weighted by Gasteiger charge is -2.26. The highest BCUT2D eigenvalue weighted by Gasteiger charge is 2.31. The molecule has 0 aromatic rings. The van der Waals surface area contributed by atoms with Gasteiger partial charge in [0.1, 0.15) is 36.4 Å². The number of rotatable bonds is 9. The molecule has 0 spiro atoms. The number of hydrogen-bond acceptors (Lipinski definition) is 7. The van der Waals surface area contributed by atoms with Crippen molar-refractivity contribution in [1.82, 2.24) is 5.32 Å². The van der Waals surface area contributed by atoms with Gasteiger partial charge in [-0.15, -0.1) is 0 Å². The average Bonchev–Trinajstić information content (AvgIpc) is 2.39. The van der Waals surface area contributed by atoms with Crippen LogP contribution < -0.4 is 5.32 Å². The molecule has 0 aliphatic rings. The summed E-state index contributed by atoms with van der Waals surface area (Å²) in [5, 5.41) is 38.8. The molecule has 19 heavy (non-hydrogen) atoms. The zero-order valence-corrected chi connectivity index (χ0v) is 10.5. The number of aldehydes is 1. The molecule has 0 saturated carbocycles. The van der Waals surface area contributed by atoms with Crippen LogP contribution in [0, 0.1) is 0 Å². The first-order valence-electron chi connectivity index (χ1n) is 5.72. The highest BCUT2D eigenvalue weighted by atomic mass is 16.4. The lowest BCUT2D eigenvalue weighted by atomic mass is 10.0. The summed E-state index contributed by atoms with van der Waals surface area (Å²) in [5.41, 5.74) is 0. The monoisotopic (exact) mass is 277 g/mol. The molecule has 0 radical (unpaired) electrons. The summed E-state index contributed by atoms with van der Waals surface area (Å²) in [4.78, 5) is 32.8. The van der Waals surface area contributed by atoms with E-state index in [4.69, 9.17) is 10.2 Å². The van der Waals surface area contributed by atoms with Crippen LogP contribution >= 0.6 is 0 Å². The molecule has 0 rings (SSSR count). The van der Waals surface area contributed by atoms with E-state index in [0.29, 0.717) is 0 Å². The van der Waals surface area contributed by atoms with Gasteiger partial charge in [0.15, 0.2) is 0 Å². The largest absolute Gasteiger partial charge is 0.394 e. The van der Waals surface area contributed by atoms with Gasteiger partial charge in [0, 0.05) is 12.8 Å². The number of nitrogens with one attached hydrogen (secondary N) is 1. The van der Waals surface area contributed by atoms with E-state index >= 15 is 0 Å². The van der Waals surface area contributed by atoms with Crippen molar-refractivity contribution < 1.29 is 34.8 Å². The summed E-state index contributed by atoms with van der Waals surface area (Å²) >= 11 is 0. The second-order valence-electron chi connectivity index (χ2n) is 4.16. The van der Waals surface area contributed by atoms with Crippen molar-refractivity contribution in [2.24, 2.45) is 0 Å². The number of aliphatic hydroxyl groups is 4. The van der Waals surface area contributed by atoms with E-state index in [0.717, 1.165) is 0 Å². The van der Waals surface area contributed by atoms with E-state index in [-0.39, 0.29) is 24.9 Å². The number of amides is 1. The molecule has 1 amide bonds. The van der Waals surface area contributed by atoms with Gasteiger partial charge in [-0.1, -0.05) is 0 Å². The Balaban J connectivity index is 4.44. The first-order valence-corrected chi connectivity index (χ1v) is 5.72. The lowest BCUT2D eigenvalue weighted by Crippen LogP contribution is -2.53. The summed E-state index contributed by atoms with van der Waals surface area (Å²) in [7, 11) is 0. The molecule has 0 heterocycles. The molecule has 8 nitrogen and oxygen atoms in total. The molecular weight excluding hydrogens is 258 g/mol. The number of Topliss-reactive ketones (excluding diaryl/α,β-unsaturated/α-hetero) is 1. The maximum Gasteiger partial charge on any atom is 0.221 e. The van der Waals surface area contributed by atoms with E-state index in [2.05, 4.69) is 5.32 Å². The van der Waals surface area contributed by atoms with Crippen molar-refractivity contribution in [2.75, 3.05) is 6.61 Å². The molecule has 4 atom stereocenters. The average molecular weight is 277 g/mol. The van der Waals surface area contributed by atoms with Crippen LogP contribution in [0.15, 0.2) is 0 Å². The predicted octanol–water partition coefficient (Wildman–Crippen LogP) is -2.89. The van der Waals surface area contributed by atoms with Crippen LogP contribution in [0.25, 0.3) is 0 Å². The van der Waals surface area contributed by atoms with Gasteiger partial charge in [0.05, 0.1) is 6.61 Å². The molecule has 0 aromatic heterocycles. The third kappa shape index (κ3) is 6.39. The van der Waals surface area contributed by atoms with Crippen molar-refractivity contribution in [1.29, 1.82) is 0 Å². The summed E-state index contributed by atoms with van der Waals surface area (Å²) in [6.45, 7) is 0.503. The van der Waals surface area contributed by atoms with Crippen LogP contribution in [0.3, 0.4) is 0 Å². The van der Waals surface area contributed by atoms with Crippen molar-refractivity contribution in [3.8, 4) is 0 Å². The first-order chi connectivity index (χ1) is 8.83. The van der Waals surface area contributed by atoms with Gasteiger partial charge < -0.3 is 35.3 Å². The van der Waals surface area contributed by atoms with Crippen molar-refractivity contribution >= 4 is 18.0 Å². The Hall–Kier alpha value is -1.35. The van der Waals surface area contributed by atoms with Crippen molar-refractivity contribution in [2.45, 2.75) is 44.1 Å². The van der Waals surface area contributed by atoms with Crippen molar-refractivity contribution in [3.05, 3.63) is 0 Å².